The van der Waals surface area contributed by atoms with Crippen molar-refractivity contribution in [1.29, 1.82) is 0 Å². The molecule has 0 aliphatic rings. The minimum absolute atomic E-state index is 0.0888. The van der Waals surface area contributed by atoms with Gasteiger partial charge in [-0.3, -0.25) is 14.2 Å². The zero-order chi connectivity index (χ0) is 17.6. The van der Waals surface area contributed by atoms with Gasteiger partial charge in [0.05, 0.1) is 19.2 Å². The quantitative estimate of drug-likeness (QED) is 0.721. The highest BCUT2D eigenvalue weighted by atomic mass is 16.1. The third-order valence-corrected chi connectivity index (χ3v) is 3.70. The van der Waals surface area contributed by atoms with Gasteiger partial charge < -0.3 is 5.32 Å². The van der Waals surface area contributed by atoms with Crippen LogP contribution in [0.4, 0.5) is 5.82 Å². The number of nitrogens with zero attached hydrogens (tertiary/aromatic N) is 4. The molecule has 0 saturated heterocycles. The largest absolute Gasteiger partial charge is 0.309 e. The van der Waals surface area contributed by atoms with Crippen molar-refractivity contribution in [3.8, 4) is 0 Å². The van der Waals surface area contributed by atoms with Crippen molar-refractivity contribution in [2.24, 2.45) is 5.92 Å². The van der Waals surface area contributed by atoms with E-state index in [1.54, 1.807) is 6.20 Å². The minimum atomic E-state index is -0.0888. The van der Waals surface area contributed by atoms with Gasteiger partial charge in [-0.2, -0.15) is 10.2 Å². The lowest BCUT2D eigenvalue weighted by molar-refractivity contribution is -0.115. The number of anilines is 1. The lowest BCUT2D eigenvalue weighted by atomic mass is 10.2. The van der Waals surface area contributed by atoms with E-state index >= 15 is 0 Å². The van der Waals surface area contributed by atoms with Crippen molar-refractivity contribution in [2.75, 3.05) is 5.32 Å². The number of aromatic nitrogens is 4. The summed E-state index contributed by atoms with van der Waals surface area (Å²) in [6, 6.07) is 11.9. The summed E-state index contributed by atoms with van der Waals surface area (Å²) in [6.07, 6.45) is 5.81. The van der Waals surface area contributed by atoms with E-state index < -0.39 is 0 Å². The van der Waals surface area contributed by atoms with Crippen LogP contribution in [0.1, 0.15) is 25.0 Å². The van der Waals surface area contributed by atoms with Crippen LogP contribution in [0.5, 0.6) is 0 Å². The van der Waals surface area contributed by atoms with Crippen molar-refractivity contribution in [3.63, 3.8) is 0 Å². The van der Waals surface area contributed by atoms with Gasteiger partial charge in [0.15, 0.2) is 5.82 Å². The maximum atomic E-state index is 12.2. The molecule has 3 rings (SSSR count). The lowest BCUT2D eigenvalue weighted by Gasteiger charge is -2.04. The first kappa shape index (κ1) is 17.0. The number of carbonyl (C=O) groups is 1. The van der Waals surface area contributed by atoms with Gasteiger partial charge in [-0.05, 0) is 17.0 Å². The highest BCUT2D eigenvalue weighted by Gasteiger charge is 2.09. The van der Waals surface area contributed by atoms with Crippen LogP contribution in [0, 0.1) is 5.92 Å². The molecule has 2 heterocycles. The summed E-state index contributed by atoms with van der Waals surface area (Å²) >= 11 is 0. The highest BCUT2D eigenvalue weighted by molar-refractivity contribution is 5.91. The van der Waals surface area contributed by atoms with E-state index in [2.05, 4.69) is 41.5 Å². The third-order valence-electron chi connectivity index (χ3n) is 3.70. The van der Waals surface area contributed by atoms with Crippen LogP contribution in [-0.2, 0) is 24.3 Å². The fraction of sp³-hybridized carbons (Fsp3) is 0.316. The summed E-state index contributed by atoms with van der Waals surface area (Å²) < 4.78 is 3.69. The van der Waals surface area contributed by atoms with Gasteiger partial charge in [0.25, 0.3) is 0 Å². The number of amides is 1. The van der Waals surface area contributed by atoms with Crippen molar-refractivity contribution < 1.29 is 4.79 Å². The van der Waals surface area contributed by atoms with Crippen molar-refractivity contribution in [1.82, 2.24) is 19.6 Å². The van der Waals surface area contributed by atoms with Gasteiger partial charge in [0.1, 0.15) is 0 Å². The normalized spacial score (nSPS) is 11.0. The molecule has 0 saturated carbocycles. The van der Waals surface area contributed by atoms with Gasteiger partial charge in [-0.1, -0.05) is 44.2 Å². The van der Waals surface area contributed by atoms with E-state index in [1.165, 1.54) is 5.56 Å². The number of hydrogen-bond donors (Lipinski definition) is 1. The van der Waals surface area contributed by atoms with Crippen LogP contribution in [0.15, 0.2) is 55.0 Å². The first-order valence-electron chi connectivity index (χ1n) is 8.47. The topological polar surface area (TPSA) is 64.7 Å². The molecular formula is C19H23N5O. The van der Waals surface area contributed by atoms with E-state index in [9.17, 15) is 4.79 Å². The number of hydrogen-bond acceptors (Lipinski definition) is 3. The average Bonchev–Trinajstić information content (AvgIpc) is 3.17. The predicted octanol–water partition coefficient (Wildman–Crippen LogP) is 2.97. The Bertz CT molecular complexity index is 819. The van der Waals surface area contributed by atoms with Crippen molar-refractivity contribution >= 4 is 11.7 Å². The molecule has 0 aliphatic carbocycles. The monoisotopic (exact) mass is 337 g/mol. The highest BCUT2D eigenvalue weighted by Crippen LogP contribution is 2.08. The summed E-state index contributed by atoms with van der Waals surface area (Å²) in [7, 11) is 0. The fourth-order valence-electron chi connectivity index (χ4n) is 2.63. The molecule has 1 aromatic carbocycles. The van der Waals surface area contributed by atoms with Gasteiger partial charge in [-0.25, -0.2) is 0 Å². The average molecular weight is 337 g/mol. The van der Waals surface area contributed by atoms with Gasteiger partial charge in [0.2, 0.25) is 5.91 Å². The van der Waals surface area contributed by atoms with Gasteiger partial charge in [0, 0.05) is 25.0 Å². The van der Waals surface area contributed by atoms with Gasteiger partial charge >= 0.3 is 0 Å². The lowest BCUT2D eigenvalue weighted by Crippen LogP contribution is -2.15. The molecule has 130 valence electrons. The molecular weight excluding hydrogens is 314 g/mol. The molecule has 25 heavy (non-hydrogen) atoms. The number of benzene rings is 1. The first-order valence-corrected chi connectivity index (χ1v) is 8.47. The van der Waals surface area contributed by atoms with Crippen LogP contribution in [0.2, 0.25) is 0 Å². The fourth-order valence-corrected chi connectivity index (χ4v) is 2.63. The summed E-state index contributed by atoms with van der Waals surface area (Å²) in [5.41, 5.74) is 2.06. The second kappa shape index (κ2) is 7.79. The van der Waals surface area contributed by atoms with E-state index in [1.807, 2.05) is 46.0 Å². The van der Waals surface area contributed by atoms with E-state index in [-0.39, 0.29) is 12.3 Å². The SMILES string of the molecule is CC(C)Cn1ccc(NC(=O)Cc2cnn(Cc3ccccc3)c2)n1. The van der Waals surface area contributed by atoms with E-state index in [0.717, 1.165) is 12.1 Å². The molecule has 2 aromatic heterocycles. The third kappa shape index (κ3) is 5.04. The summed E-state index contributed by atoms with van der Waals surface area (Å²) in [5.74, 6) is 1.01. The number of carbonyl (C=O) groups excluding carboxylic acids is 1. The number of rotatable bonds is 7. The van der Waals surface area contributed by atoms with Crippen LogP contribution in [0.25, 0.3) is 0 Å². The van der Waals surface area contributed by atoms with Gasteiger partial charge in [-0.15, -0.1) is 0 Å². The van der Waals surface area contributed by atoms with E-state index in [0.29, 0.717) is 18.3 Å². The second-order valence-corrected chi connectivity index (χ2v) is 6.57. The van der Waals surface area contributed by atoms with Crippen LogP contribution in [0.3, 0.4) is 0 Å². The molecule has 0 radical (unpaired) electrons. The smallest absolute Gasteiger partial charge is 0.230 e. The maximum Gasteiger partial charge on any atom is 0.230 e. The van der Waals surface area contributed by atoms with Crippen molar-refractivity contribution in [2.45, 2.75) is 33.4 Å². The molecule has 1 amide bonds. The Hall–Kier alpha value is -2.89. The molecule has 0 bridgehead atoms. The molecule has 0 unspecified atom stereocenters. The standard InChI is InChI=1S/C19H23N5O/c1-15(2)12-23-9-8-18(22-23)21-19(25)10-17-11-20-24(14-17)13-16-6-4-3-5-7-16/h3-9,11,14-15H,10,12-13H2,1-2H3,(H,21,22,25). The Kier molecular flexibility index (Phi) is 5.28. The Morgan fingerprint density at radius 2 is 1.92 bits per heavy atom. The molecule has 0 spiro atoms. The number of nitrogens with one attached hydrogen (secondary N) is 1. The summed E-state index contributed by atoms with van der Waals surface area (Å²) in [4.78, 5) is 12.2. The molecule has 6 heteroatoms. The first-order chi connectivity index (χ1) is 12.1. The second-order valence-electron chi connectivity index (χ2n) is 6.57. The van der Waals surface area contributed by atoms with Crippen molar-refractivity contribution in [3.05, 3.63) is 66.1 Å². The van der Waals surface area contributed by atoms with Crippen LogP contribution in [-0.4, -0.2) is 25.5 Å². The molecule has 0 atom stereocenters. The molecule has 3 aromatic rings. The zero-order valence-corrected chi connectivity index (χ0v) is 14.6. The minimum Gasteiger partial charge on any atom is -0.309 e. The molecule has 6 nitrogen and oxygen atoms in total. The Labute approximate surface area is 147 Å². The zero-order valence-electron chi connectivity index (χ0n) is 14.6. The Morgan fingerprint density at radius 1 is 1.12 bits per heavy atom. The molecule has 0 fully saturated rings. The summed E-state index contributed by atoms with van der Waals surface area (Å²) in [6.45, 7) is 5.80. The predicted molar refractivity (Wildman–Crippen MR) is 97.2 cm³/mol. The molecule has 0 aliphatic heterocycles. The summed E-state index contributed by atoms with van der Waals surface area (Å²) in [5, 5.41) is 11.5. The van der Waals surface area contributed by atoms with Crippen LogP contribution < -0.4 is 5.32 Å². The Balaban J connectivity index is 1.54. The molecule has 1 N–H and O–H groups in total. The van der Waals surface area contributed by atoms with E-state index in [4.69, 9.17) is 0 Å². The Morgan fingerprint density at radius 3 is 2.68 bits per heavy atom. The maximum absolute atomic E-state index is 12.2. The van der Waals surface area contributed by atoms with Crippen LogP contribution >= 0.6 is 0 Å².